The summed E-state index contributed by atoms with van der Waals surface area (Å²) in [5, 5.41) is 0. The normalized spacial score (nSPS) is 17.7. The molecule has 2 aromatic rings. The molecule has 6 heteroatoms. The van der Waals surface area contributed by atoms with Gasteiger partial charge in [0.1, 0.15) is 17.5 Å². The van der Waals surface area contributed by atoms with Crippen molar-refractivity contribution in [3.8, 4) is 0 Å². The second-order valence-electron chi connectivity index (χ2n) is 7.83. The van der Waals surface area contributed by atoms with E-state index >= 15 is 0 Å². The Kier molecular flexibility index (Phi) is 5.46. The van der Waals surface area contributed by atoms with Gasteiger partial charge in [0.05, 0.1) is 0 Å². The molecular formula is C22H29N5O. The molecule has 0 aliphatic carbocycles. The molecular weight excluding hydrogens is 350 g/mol. The fourth-order valence-corrected chi connectivity index (χ4v) is 4.08. The molecule has 0 unspecified atom stereocenters. The van der Waals surface area contributed by atoms with Crippen LogP contribution in [0.5, 0.6) is 0 Å². The third-order valence-electron chi connectivity index (χ3n) is 5.65. The van der Waals surface area contributed by atoms with Crippen LogP contribution >= 0.6 is 0 Å². The standard InChI is InChI=1S/C22H29N5O/c1-17-7-6-8-19(15-17)22(28)27-13-11-26(12-14-27)21-16-20(23-18(2)24-21)25-9-4-3-5-10-25/h6-8,15-16H,3-5,9-14H2,1-2H3. The number of aromatic nitrogens is 2. The van der Waals surface area contributed by atoms with Crippen LogP contribution in [0.25, 0.3) is 0 Å². The minimum Gasteiger partial charge on any atom is -0.356 e. The zero-order chi connectivity index (χ0) is 19.5. The molecule has 0 N–H and O–H groups in total. The predicted octanol–water partition coefficient (Wildman–Crippen LogP) is 3.05. The summed E-state index contributed by atoms with van der Waals surface area (Å²) < 4.78 is 0. The Hall–Kier alpha value is -2.63. The molecule has 4 rings (SSSR count). The number of benzene rings is 1. The van der Waals surface area contributed by atoms with Crippen LogP contribution in [0.2, 0.25) is 0 Å². The minimum atomic E-state index is 0.122. The summed E-state index contributed by atoms with van der Waals surface area (Å²) in [6, 6.07) is 9.96. The van der Waals surface area contributed by atoms with E-state index in [0.29, 0.717) is 0 Å². The van der Waals surface area contributed by atoms with Gasteiger partial charge in [-0.3, -0.25) is 4.79 Å². The molecule has 2 saturated heterocycles. The maximum Gasteiger partial charge on any atom is 0.253 e. The Morgan fingerprint density at radius 3 is 2.11 bits per heavy atom. The van der Waals surface area contributed by atoms with Gasteiger partial charge in [0.25, 0.3) is 5.91 Å². The molecule has 0 radical (unpaired) electrons. The number of piperazine rings is 1. The number of amides is 1. The van der Waals surface area contributed by atoms with Crippen LogP contribution in [0.4, 0.5) is 11.6 Å². The third-order valence-corrected chi connectivity index (χ3v) is 5.65. The first-order valence-electron chi connectivity index (χ1n) is 10.3. The molecule has 28 heavy (non-hydrogen) atoms. The predicted molar refractivity (Wildman–Crippen MR) is 112 cm³/mol. The van der Waals surface area contributed by atoms with E-state index in [1.165, 1.54) is 19.3 Å². The number of nitrogens with zero attached hydrogens (tertiary/aromatic N) is 5. The number of aryl methyl sites for hydroxylation is 2. The second kappa shape index (κ2) is 8.17. The van der Waals surface area contributed by atoms with Crippen molar-refractivity contribution in [2.24, 2.45) is 0 Å². The number of anilines is 2. The first-order chi connectivity index (χ1) is 13.6. The lowest BCUT2D eigenvalue weighted by Gasteiger charge is -2.36. The van der Waals surface area contributed by atoms with Gasteiger partial charge in [-0.2, -0.15) is 0 Å². The quantitative estimate of drug-likeness (QED) is 0.820. The van der Waals surface area contributed by atoms with Gasteiger partial charge in [-0.1, -0.05) is 17.7 Å². The summed E-state index contributed by atoms with van der Waals surface area (Å²) in [5.74, 6) is 2.96. The van der Waals surface area contributed by atoms with Crippen molar-refractivity contribution >= 4 is 17.5 Å². The Morgan fingerprint density at radius 1 is 0.821 bits per heavy atom. The SMILES string of the molecule is Cc1cccc(C(=O)N2CCN(c3cc(N4CCCCC4)nc(C)n3)CC2)c1. The van der Waals surface area contributed by atoms with E-state index in [-0.39, 0.29) is 5.91 Å². The van der Waals surface area contributed by atoms with Crippen molar-refractivity contribution in [3.63, 3.8) is 0 Å². The Morgan fingerprint density at radius 2 is 1.46 bits per heavy atom. The fraction of sp³-hybridized carbons (Fsp3) is 0.500. The molecule has 1 aromatic carbocycles. The lowest BCUT2D eigenvalue weighted by molar-refractivity contribution is 0.0746. The van der Waals surface area contributed by atoms with Gasteiger partial charge >= 0.3 is 0 Å². The van der Waals surface area contributed by atoms with Crippen molar-refractivity contribution in [2.45, 2.75) is 33.1 Å². The van der Waals surface area contributed by atoms with E-state index in [9.17, 15) is 4.79 Å². The van der Waals surface area contributed by atoms with Crippen LogP contribution in [-0.4, -0.2) is 60.0 Å². The number of hydrogen-bond donors (Lipinski definition) is 0. The van der Waals surface area contributed by atoms with Crippen molar-refractivity contribution in [3.05, 3.63) is 47.3 Å². The highest BCUT2D eigenvalue weighted by Crippen LogP contribution is 2.23. The molecule has 2 fully saturated rings. The number of carbonyl (C=O) groups is 1. The zero-order valence-corrected chi connectivity index (χ0v) is 16.9. The lowest BCUT2D eigenvalue weighted by atomic mass is 10.1. The van der Waals surface area contributed by atoms with Crippen LogP contribution in [0, 0.1) is 13.8 Å². The summed E-state index contributed by atoms with van der Waals surface area (Å²) in [6.45, 7) is 9.18. The van der Waals surface area contributed by atoms with Gasteiger partial charge in [-0.15, -0.1) is 0 Å². The molecule has 2 aliphatic rings. The summed E-state index contributed by atoms with van der Waals surface area (Å²) in [5.41, 5.74) is 1.89. The van der Waals surface area contributed by atoms with Crippen molar-refractivity contribution in [2.75, 3.05) is 49.1 Å². The van der Waals surface area contributed by atoms with Crippen LogP contribution < -0.4 is 9.80 Å². The first-order valence-corrected chi connectivity index (χ1v) is 10.3. The Labute approximate surface area is 167 Å². The van der Waals surface area contributed by atoms with Gasteiger partial charge in [-0.05, 0) is 45.2 Å². The topological polar surface area (TPSA) is 52.6 Å². The highest BCUT2D eigenvalue weighted by molar-refractivity contribution is 5.94. The van der Waals surface area contributed by atoms with Crippen molar-refractivity contribution < 1.29 is 4.79 Å². The number of rotatable bonds is 3. The summed E-state index contributed by atoms with van der Waals surface area (Å²) in [4.78, 5) is 28.7. The average Bonchev–Trinajstić information content (AvgIpc) is 2.73. The first kappa shape index (κ1) is 18.7. The highest BCUT2D eigenvalue weighted by Gasteiger charge is 2.24. The van der Waals surface area contributed by atoms with Crippen molar-refractivity contribution in [1.82, 2.24) is 14.9 Å². The van der Waals surface area contributed by atoms with Gasteiger partial charge in [-0.25, -0.2) is 9.97 Å². The molecule has 148 valence electrons. The number of carbonyl (C=O) groups excluding carboxylic acids is 1. The smallest absolute Gasteiger partial charge is 0.253 e. The van der Waals surface area contributed by atoms with Gasteiger partial charge < -0.3 is 14.7 Å². The average molecular weight is 380 g/mol. The number of hydrogen-bond acceptors (Lipinski definition) is 5. The molecule has 0 spiro atoms. The summed E-state index contributed by atoms with van der Waals surface area (Å²) >= 11 is 0. The fourth-order valence-electron chi connectivity index (χ4n) is 4.08. The van der Waals surface area contributed by atoms with Gasteiger partial charge in [0.15, 0.2) is 0 Å². The summed E-state index contributed by atoms with van der Waals surface area (Å²) in [6.07, 6.45) is 3.78. The van der Waals surface area contributed by atoms with Gasteiger partial charge in [0, 0.05) is 50.9 Å². The summed E-state index contributed by atoms with van der Waals surface area (Å²) in [7, 11) is 0. The molecule has 1 aromatic heterocycles. The highest BCUT2D eigenvalue weighted by atomic mass is 16.2. The zero-order valence-electron chi connectivity index (χ0n) is 16.9. The van der Waals surface area contributed by atoms with Gasteiger partial charge in [0.2, 0.25) is 0 Å². The van der Waals surface area contributed by atoms with Crippen LogP contribution in [0.1, 0.15) is 41.0 Å². The second-order valence-corrected chi connectivity index (χ2v) is 7.83. The molecule has 1 amide bonds. The van der Waals surface area contributed by atoms with E-state index in [2.05, 4.69) is 25.8 Å². The molecule has 2 aliphatic heterocycles. The maximum absolute atomic E-state index is 12.8. The maximum atomic E-state index is 12.8. The van der Waals surface area contributed by atoms with Crippen molar-refractivity contribution in [1.29, 1.82) is 0 Å². The minimum absolute atomic E-state index is 0.122. The number of piperidine rings is 1. The molecule has 6 nitrogen and oxygen atoms in total. The monoisotopic (exact) mass is 379 g/mol. The molecule has 0 saturated carbocycles. The molecule has 0 atom stereocenters. The Balaban J connectivity index is 1.43. The molecule has 0 bridgehead atoms. The largest absolute Gasteiger partial charge is 0.356 e. The van der Waals surface area contributed by atoms with E-state index in [4.69, 9.17) is 0 Å². The van der Waals surface area contributed by atoms with E-state index in [0.717, 1.165) is 67.9 Å². The van der Waals surface area contributed by atoms with Crippen LogP contribution in [0.3, 0.4) is 0 Å². The van der Waals surface area contributed by atoms with E-state index in [1.54, 1.807) is 0 Å². The Bertz CT molecular complexity index is 839. The van der Waals surface area contributed by atoms with E-state index in [1.807, 2.05) is 43.0 Å². The van der Waals surface area contributed by atoms with Crippen LogP contribution in [-0.2, 0) is 0 Å². The molecule has 3 heterocycles. The van der Waals surface area contributed by atoms with Crippen LogP contribution in [0.15, 0.2) is 30.3 Å². The van der Waals surface area contributed by atoms with E-state index < -0.39 is 0 Å². The lowest BCUT2D eigenvalue weighted by Crippen LogP contribution is -2.49. The third kappa shape index (κ3) is 4.11.